The van der Waals surface area contributed by atoms with E-state index in [9.17, 15) is 0 Å². The zero-order valence-electron chi connectivity index (χ0n) is 38.5. The fourth-order valence-electron chi connectivity index (χ4n) is 9.29. The Hall–Kier alpha value is -7.28. The van der Waals surface area contributed by atoms with E-state index in [1.54, 1.807) is 0 Å². The van der Waals surface area contributed by atoms with Gasteiger partial charge in [0.25, 0.3) is 0 Å². The molecule has 0 nitrogen and oxygen atoms in total. The minimum absolute atomic E-state index is 1.32. The van der Waals surface area contributed by atoms with Gasteiger partial charge >= 0.3 is 0 Å². The Labute approximate surface area is 378 Å². The average molecular weight is 825 g/mol. The van der Waals surface area contributed by atoms with E-state index in [4.69, 9.17) is 0 Å². The van der Waals surface area contributed by atoms with Crippen molar-refractivity contribution in [3.05, 3.63) is 239 Å². The lowest BCUT2D eigenvalue weighted by Crippen LogP contribution is -1.83. The van der Waals surface area contributed by atoms with Crippen LogP contribution in [0.25, 0.3) is 86.2 Å². The summed E-state index contributed by atoms with van der Waals surface area (Å²) in [7, 11) is 0. The number of fused-ring (bicyclic) bond motifs is 8. The van der Waals surface area contributed by atoms with E-state index in [-0.39, 0.29) is 0 Å². The van der Waals surface area contributed by atoms with Gasteiger partial charge in [0.15, 0.2) is 0 Å². The maximum atomic E-state index is 2.28. The Bertz CT molecular complexity index is 3580. The van der Waals surface area contributed by atoms with Crippen LogP contribution in [0.4, 0.5) is 0 Å². The Morgan fingerprint density at radius 1 is 0.172 bits per heavy atom. The van der Waals surface area contributed by atoms with Crippen LogP contribution in [-0.4, -0.2) is 0 Å². The number of hydrogen-bond acceptors (Lipinski definition) is 0. The molecule has 0 bridgehead atoms. The topological polar surface area (TPSA) is 0 Å². The molecule has 0 heterocycles. The van der Waals surface area contributed by atoms with Gasteiger partial charge in [-0.25, -0.2) is 0 Å². The number of benzene rings is 12. The third-order valence-corrected chi connectivity index (χ3v) is 12.8. The van der Waals surface area contributed by atoms with Crippen LogP contribution in [-0.2, 0) is 0 Å². The molecule has 0 unspecified atom stereocenters. The van der Waals surface area contributed by atoms with Crippen molar-refractivity contribution in [1.82, 2.24) is 0 Å². The van der Waals surface area contributed by atoms with Crippen molar-refractivity contribution in [2.75, 3.05) is 0 Å². The first-order chi connectivity index (χ1) is 30.9. The number of rotatable bonds is 0. The van der Waals surface area contributed by atoms with Crippen LogP contribution in [0.3, 0.4) is 0 Å². The van der Waals surface area contributed by atoms with E-state index >= 15 is 0 Å². The molecule has 12 rings (SSSR count). The molecule has 0 aromatic heterocycles. The quantitative estimate of drug-likeness (QED) is 0.134. The van der Waals surface area contributed by atoms with Crippen LogP contribution in [0.5, 0.6) is 0 Å². The van der Waals surface area contributed by atoms with Crippen molar-refractivity contribution in [2.24, 2.45) is 0 Å². The molecular formula is C64H56. The second-order valence-corrected chi connectivity index (χ2v) is 18.0. The Kier molecular flexibility index (Phi) is 11.7. The molecule has 0 heteroatoms. The van der Waals surface area contributed by atoms with Crippen molar-refractivity contribution in [1.29, 1.82) is 0 Å². The first-order valence-corrected chi connectivity index (χ1v) is 22.5. The minimum Gasteiger partial charge on any atom is -0.0616 e. The van der Waals surface area contributed by atoms with Gasteiger partial charge in [-0.3, -0.25) is 0 Å². The predicted octanol–water partition coefficient (Wildman–Crippen LogP) is 18.4. The summed E-state index contributed by atoms with van der Waals surface area (Å²) in [6.07, 6.45) is 0. The highest BCUT2D eigenvalue weighted by molar-refractivity contribution is 6.04. The lowest BCUT2D eigenvalue weighted by molar-refractivity contribution is 1.49. The molecule has 0 N–H and O–H groups in total. The molecule has 0 aliphatic rings. The fraction of sp³-hybridized carbons (Fsp3) is 0.125. The van der Waals surface area contributed by atoms with Gasteiger partial charge in [-0.1, -0.05) is 191 Å². The van der Waals surface area contributed by atoms with Gasteiger partial charge in [-0.2, -0.15) is 0 Å². The molecule has 0 saturated carbocycles. The second kappa shape index (κ2) is 17.8. The fourth-order valence-corrected chi connectivity index (χ4v) is 9.29. The monoisotopic (exact) mass is 824 g/mol. The summed E-state index contributed by atoms with van der Waals surface area (Å²) in [6.45, 7) is 17.3. The summed E-state index contributed by atoms with van der Waals surface area (Å²) >= 11 is 0. The van der Waals surface area contributed by atoms with E-state index in [0.717, 1.165) is 0 Å². The van der Waals surface area contributed by atoms with Gasteiger partial charge in [-0.05, 0) is 189 Å². The van der Waals surface area contributed by atoms with Crippen molar-refractivity contribution >= 4 is 86.2 Å². The second-order valence-electron chi connectivity index (χ2n) is 18.0. The predicted molar refractivity (Wildman–Crippen MR) is 284 cm³/mol. The Balaban J connectivity index is 0.000000108. The van der Waals surface area contributed by atoms with Crippen molar-refractivity contribution < 1.29 is 0 Å². The number of aryl methyl sites for hydroxylation is 8. The van der Waals surface area contributed by atoms with Gasteiger partial charge in [0.2, 0.25) is 0 Å². The summed E-state index contributed by atoms with van der Waals surface area (Å²) in [6, 6.07) is 70.6. The van der Waals surface area contributed by atoms with E-state index in [0.29, 0.717) is 0 Å². The van der Waals surface area contributed by atoms with E-state index in [1.165, 1.54) is 131 Å². The van der Waals surface area contributed by atoms with Gasteiger partial charge in [0.05, 0.1) is 0 Å². The molecule has 0 atom stereocenters. The summed E-state index contributed by atoms with van der Waals surface area (Å²) in [5.41, 5.74) is 10.7. The summed E-state index contributed by atoms with van der Waals surface area (Å²) in [5, 5.41) is 21.4. The molecule has 0 fully saturated rings. The first kappa shape index (κ1) is 42.0. The van der Waals surface area contributed by atoms with Crippen LogP contribution in [0.1, 0.15) is 44.5 Å². The van der Waals surface area contributed by atoms with Crippen molar-refractivity contribution in [3.8, 4) is 0 Å². The van der Waals surface area contributed by atoms with Gasteiger partial charge in [0.1, 0.15) is 0 Å². The zero-order valence-corrected chi connectivity index (χ0v) is 38.5. The zero-order chi connectivity index (χ0) is 44.5. The summed E-state index contributed by atoms with van der Waals surface area (Å²) in [5.74, 6) is 0. The Morgan fingerprint density at radius 2 is 0.438 bits per heavy atom. The van der Waals surface area contributed by atoms with Gasteiger partial charge in [0, 0.05) is 0 Å². The standard InChI is InChI=1S/4C16H14/c1-11-3-5-13-10-16-8-12(2)4-6-14(16)9-15(13)7-11;1-11-3-5-13-9-14-6-4-12(2)8-16(14)10-15(13)7-11;1-11-7-8-16-12(2)15-6-4-3-5-13(15)10-14(16)9-11;1-11-7-8-14-10-13-5-3-4-6-15(13)12(2)16(14)9-11/h4*3-10H,1-2H3. The molecule has 312 valence electrons. The highest BCUT2D eigenvalue weighted by atomic mass is 14.1. The van der Waals surface area contributed by atoms with E-state index < -0.39 is 0 Å². The maximum absolute atomic E-state index is 2.28. The van der Waals surface area contributed by atoms with Crippen molar-refractivity contribution in [3.63, 3.8) is 0 Å². The molecule has 0 spiro atoms. The first-order valence-electron chi connectivity index (χ1n) is 22.5. The van der Waals surface area contributed by atoms with Crippen molar-refractivity contribution in [2.45, 2.75) is 55.4 Å². The van der Waals surface area contributed by atoms with Crippen LogP contribution >= 0.6 is 0 Å². The average Bonchev–Trinajstić information content (AvgIpc) is 3.29. The molecule has 0 aliphatic heterocycles. The molecule has 0 radical (unpaired) electrons. The summed E-state index contributed by atoms with van der Waals surface area (Å²) < 4.78 is 0. The number of hydrogen-bond donors (Lipinski definition) is 0. The SMILES string of the molecule is Cc1ccc2c(C)c3ccccc3cc2c1.Cc1ccc2cc3cc(C)ccc3cc2c1.Cc1ccc2cc3ccc(C)cc3cc2c1.Cc1ccc2cc3ccccc3c(C)c2c1. The lowest BCUT2D eigenvalue weighted by Gasteiger charge is -2.08. The third kappa shape index (κ3) is 8.96. The van der Waals surface area contributed by atoms with Gasteiger partial charge in [-0.15, -0.1) is 0 Å². The molecule has 12 aromatic carbocycles. The smallest absolute Gasteiger partial charge is 0.0146 e. The van der Waals surface area contributed by atoms with E-state index in [1.807, 2.05) is 0 Å². The molecule has 12 aromatic rings. The lowest BCUT2D eigenvalue weighted by atomic mass is 9.97. The van der Waals surface area contributed by atoms with Gasteiger partial charge < -0.3 is 0 Å². The Morgan fingerprint density at radius 3 is 0.891 bits per heavy atom. The highest BCUT2D eigenvalue weighted by Gasteiger charge is 2.05. The van der Waals surface area contributed by atoms with Crippen LogP contribution < -0.4 is 0 Å². The minimum atomic E-state index is 1.32. The van der Waals surface area contributed by atoms with Crippen LogP contribution in [0.15, 0.2) is 194 Å². The maximum Gasteiger partial charge on any atom is -0.0146 e. The largest absolute Gasteiger partial charge is 0.0616 e. The van der Waals surface area contributed by atoms with Crippen LogP contribution in [0.2, 0.25) is 0 Å². The van der Waals surface area contributed by atoms with E-state index in [2.05, 4.69) is 250 Å². The normalized spacial score (nSPS) is 11.1. The molecule has 0 saturated heterocycles. The molecular weight excluding hydrogens is 769 g/mol. The third-order valence-electron chi connectivity index (χ3n) is 12.8. The molecule has 64 heavy (non-hydrogen) atoms. The van der Waals surface area contributed by atoms with Crippen LogP contribution in [0, 0.1) is 55.4 Å². The molecule has 0 amide bonds. The summed E-state index contributed by atoms with van der Waals surface area (Å²) in [4.78, 5) is 0. The molecule has 0 aliphatic carbocycles. The highest BCUT2D eigenvalue weighted by Crippen LogP contribution is 2.30.